The Kier molecular flexibility index (Phi) is 9.94. The lowest BCUT2D eigenvalue weighted by Crippen LogP contribution is -2.37. The third kappa shape index (κ3) is 7.97. The predicted molar refractivity (Wildman–Crippen MR) is 107 cm³/mol. The molecular formula is C15H27N3O12P2. The lowest BCUT2D eigenvalue weighted by molar-refractivity contribution is -0.0543. The van der Waals surface area contributed by atoms with Gasteiger partial charge in [-0.15, -0.1) is 0 Å². The van der Waals surface area contributed by atoms with Gasteiger partial charge in [-0.1, -0.05) is 12.8 Å². The highest BCUT2D eigenvalue weighted by Gasteiger charge is 2.46. The number of H-pyrrole nitrogens is 1. The zero-order chi connectivity index (χ0) is 23.9. The van der Waals surface area contributed by atoms with Crippen LogP contribution in [0.5, 0.6) is 0 Å². The lowest BCUT2D eigenvalue weighted by Gasteiger charge is -2.19. The molecule has 0 radical (unpaired) electrons. The number of unbranched alkanes of at least 4 members (excludes halogenated alkanes) is 3. The molecule has 6 unspecified atom stereocenters. The first-order valence-electron chi connectivity index (χ1n) is 9.65. The van der Waals surface area contributed by atoms with Crippen molar-refractivity contribution in [2.75, 3.05) is 19.8 Å². The third-order valence-electron chi connectivity index (χ3n) is 4.42. The summed E-state index contributed by atoms with van der Waals surface area (Å²) in [6.07, 6.45) is -2.50. The number of aliphatic hydroxyl groups is 2. The van der Waals surface area contributed by atoms with Crippen LogP contribution in [-0.4, -0.2) is 67.6 Å². The number of aromatic nitrogens is 2. The maximum absolute atomic E-state index is 12.0. The van der Waals surface area contributed by atoms with Crippen LogP contribution >= 0.6 is 15.6 Å². The van der Waals surface area contributed by atoms with Crippen LogP contribution in [0.4, 0.5) is 0 Å². The van der Waals surface area contributed by atoms with Crippen LogP contribution in [0.3, 0.4) is 0 Å². The zero-order valence-corrected chi connectivity index (χ0v) is 18.7. The molecule has 2 rings (SSSR count). The van der Waals surface area contributed by atoms with Gasteiger partial charge in [0, 0.05) is 12.3 Å². The Morgan fingerprint density at radius 1 is 1.06 bits per heavy atom. The molecule has 6 atom stereocenters. The van der Waals surface area contributed by atoms with E-state index in [-0.39, 0.29) is 6.61 Å². The summed E-state index contributed by atoms with van der Waals surface area (Å²) in [5, 5.41) is 20.2. The normalized spacial score (nSPS) is 27.2. The predicted octanol–water partition coefficient (Wildman–Crippen LogP) is -1.07. The summed E-state index contributed by atoms with van der Waals surface area (Å²) in [6, 6.07) is 0.987. The topological polar surface area (TPSA) is 233 Å². The smallest absolute Gasteiger partial charge is 0.387 e. The molecule has 2 heterocycles. The van der Waals surface area contributed by atoms with Gasteiger partial charge in [-0.3, -0.25) is 23.4 Å². The molecule has 17 heteroatoms. The fourth-order valence-corrected chi connectivity index (χ4v) is 4.96. The highest BCUT2D eigenvalue weighted by molar-refractivity contribution is 7.61. The van der Waals surface area contributed by atoms with Gasteiger partial charge in [0.25, 0.3) is 5.56 Å². The standard InChI is InChI=1S/C15H27N3O12P2/c16-6-3-1-2-4-8-27-31(23,24)30-32(25,26)28-9-10-12(20)13(21)14(29-10)18-7-5-11(19)17-15(18)22/h5,7,10,12-14,20-21H,1-4,6,8-9,16H2,(H,23,24)(H,25,26)(H,17,19,22). The van der Waals surface area contributed by atoms with Crippen molar-refractivity contribution in [3.05, 3.63) is 33.1 Å². The van der Waals surface area contributed by atoms with Gasteiger partial charge in [0.05, 0.1) is 13.2 Å². The van der Waals surface area contributed by atoms with E-state index >= 15 is 0 Å². The van der Waals surface area contributed by atoms with Crippen LogP contribution in [0.15, 0.2) is 21.9 Å². The SMILES string of the molecule is NCCCCCCOP(=O)(O)OP(=O)(O)OCC1OC(n2ccc(=O)[nH]c2=O)C(O)C1O. The third-order valence-corrected chi connectivity index (χ3v) is 7.06. The molecule has 0 saturated carbocycles. The summed E-state index contributed by atoms with van der Waals surface area (Å²) in [5.41, 5.74) is 3.73. The van der Waals surface area contributed by atoms with Crippen molar-refractivity contribution in [2.45, 2.75) is 50.2 Å². The monoisotopic (exact) mass is 503 g/mol. The Morgan fingerprint density at radius 2 is 1.72 bits per heavy atom. The molecule has 15 nitrogen and oxygen atoms in total. The average Bonchev–Trinajstić information content (AvgIpc) is 2.97. The van der Waals surface area contributed by atoms with Crippen LogP contribution in [0.25, 0.3) is 0 Å². The van der Waals surface area contributed by atoms with Crippen LogP contribution in [-0.2, 0) is 27.2 Å². The fourth-order valence-electron chi connectivity index (χ4n) is 2.85. The molecule has 1 fully saturated rings. The van der Waals surface area contributed by atoms with E-state index in [2.05, 4.69) is 13.4 Å². The summed E-state index contributed by atoms with van der Waals surface area (Å²) >= 11 is 0. The van der Waals surface area contributed by atoms with Crippen LogP contribution < -0.4 is 17.0 Å². The Bertz CT molecular complexity index is 952. The zero-order valence-electron chi connectivity index (χ0n) is 16.9. The molecule has 7 N–H and O–H groups in total. The number of aromatic amines is 1. The highest BCUT2D eigenvalue weighted by atomic mass is 31.3. The van der Waals surface area contributed by atoms with E-state index in [0.29, 0.717) is 19.4 Å². The number of phosphoric ester groups is 2. The summed E-state index contributed by atoms with van der Waals surface area (Å²) in [7, 11) is -10.1. The highest BCUT2D eigenvalue weighted by Crippen LogP contribution is 2.60. The van der Waals surface area contributed by atoms with E-state index in [9.17, 15) is 38.7 Å². The number of ether oxygens (including phenoxy) is 1. The van der Waals surface area contributed by atoms with E-state index in [0.717, 1.165) is 29.7 Å². The molecular weight excluding hydrogens is 476 g/mol. The molecule has 184 valence electrons. The van der Waals surface area contributed by atoms with Crippen LogP contribution in [0, 0.1) is 0 Å². The molecule has 0 spiro atoms. The Labute approximate surface area is 181 Å². The summed E-state index contributed by atoms with van der Waals surface area (Å²) in [5.74, 6) is 0. The number of nitrogens with zero attached hydrogens (tertiary/aromatic N) is 1. The van der Waals surface area contributed by atoms with Gasteiger partial charge in [-0.25, -0.2) is 13.9 Å². The van der Waals surface area contributed by atoms with Crippen molar-refractivity contribution >= 4 is 15.6 Å². The van der Waals surface area contributed by atoms with Crippen LogP contribution in [0.1, 0.15) is 31.9 Å². The second kappa shape index (κ2) is 11.8. The van der Waals surface area contributed by atoms with E-state index in [1.165, 1.54) is 0 Å². The first-order valence-corrected chi connectivity index (χ1v) is 12.6. The maximum atomic E-state index is 12.0. The van der Waals surface area contributed by atoms with Gasteiger partial charge in [0.15, 0.2) is 6.23 Å². The van der Waals surface area contributed by atoms with Crippen molar-refractivity contribution in [3.8, 4) is 0 Å². The molecule has 1 aromatic heterocycles. The van der Waals surface area contributed by atoms with E-state index in [4.69, 9.17) is 10.5 Å². The Hall–Kier alpha value is -1.22. The molecule has 32 heavy (non-hydrogen) atoms. The number of nitrogens with one attached hydrogen (secondary N) is 1. The van der Waals surface area contributed by atoms with Crippen molar-refractivity contribution in [2.24, 2.45) is 5.73 Å². The minimum absolute atomic E-state index is 0.204. The first-order chi connectivity index (χ1) is 15.0. The first kappa shape index (κ1) is 27.0. The summed E-state index contributed by atoms with van der Waals surface area (Å²) in [4.78, 5) is 44.2. The number of aliphatic hydroxyl groups excluding tert-OH is 2. The molecule has 0 aromatic carbocycles. The quantitative estimate of drug-likeness (QED) is 0.139. The van der Waals surface area contributed by atoms with Crippen LogP contribution in [0.2, 0.25) is 0 Å². The molecule has 1 aliphatic rings. The average molecular weight is 503 g/mol. The number of phosphoric acid groups is 2. The molecule has 0 aliphatic carbocycles. The van der Waals surface area contributed by atoms with Crippen molar-refractivity contribution in [1.29, 1.82) is 0 Å². The summed E-state index contributed by atoms with van der Waals surface area (Å²) in [6.45, 7) is -0.531. The number of nitrogens with two attached hydrogens (primary N) is 1. The Morgan fingerprint density at radius 3 is 2.38 bits per heavy atom. The molecule has 1 aliphatic heterocycles. The fraction of sp³-hybridized carbons (Fsp3) is 0.733. The van der Waals surface area contributed by atoms with E-state index in [1.807, 2.05) is 4.98 Å². The maximum Gasteiger partial charge on any atom is 0.481 e. The molecule has 1 aromatic rings. The Balaban J connectivity index is 1.88. The molecule has 0 bridgehead atoms. The van der Waals surface area contributed by atoms with Gasteiger partial charge >= 0.3 is 21.3 Å². The van der Waals surface area contributed by atoms with Gasteiger partial charge < -0.3 is 30.5 Å². The van der Waals surface area contributed by atoms with Crippen molar-refractivity contribution in [1.82, 2.24) is 9.55 Å². The summed E-state index contributed by atoms with van der Waals surface area (Å²) < 4.78 is 43.3. The van der Waals surface area contributed by atoms with Gasteiger partial charge in [0.1, 0.15) is 18.3 Å². The van der Waals surface area contributed by atoms with Crippen molar-refractivity contribution in [3.63, 3.8) is 0 Å². The second-order valence-corrected chi connectivity index (χ2v) is 9.96. The minimum Gasteiger partial charge on any atom is -0.387 e. The van der Waals surface area contributed by atoms with Gasteiger partial charge in [-0.2, -0.15) is 4.31 Å². The number of hydrogen-bond donors (Lipinski definition) is 6. The number of rotatable bonds is 13. The van der Waals surface area contributed by atoms with Gasteiger partial charge in [-0.05, 0) is 19.4 Å². The van der Waals surface area contributed by atoms with E-state index < -0.39 is 58.0 Å². The van der Waals surface area contributed by atoms with Crippen molar-refractivity contribution < 1.29 is 47.2 Å². The minimum atomic E-state index is -5.13. The second-order valence-electron chi connectivity index (χ2n) is 6.91. The molecule has 1 saturated heterocycles. The van der Waals surface area contributed by atoms with Gasteiger partial charge in [0.2, 0.25) is 0 Å². The largest absolute Gasteiger partial charge is 0.481 e. The molecule has 0 amide bonds. The number of hydrogen-bond acceptors (Lipinski definition) is 11. The lowest BCUT2D eigenvalue weighted by atomic mass is 10.1. The van der Waals surface area contributed by atoms with E-state index in [1.54, 1.807) is 0 Å².